The average molecular weight is 368 g/mol. The van der Waals surface area contributed by atoms with E-state index < -0.39 is 0 Å². The molecule has 0 atom stereocenters. The van der Waals surface area contributed by atoms with Crippen LogP contribution in [0.1, 0.15) is 30.8 Å². The van der Waals surface area contributed by atoms with Gasteiger partial charge in [-0.15, -0.1) is 11.3 Å². The van der Waals surface area contributed by atoms with Gasteiger partial charge in [0.25, 0.3) is 0 Å². The van der Waals surface area contributed by atoms with E-state index in [0.717, 1.165) is 45.4 Å². The maximum absolute atomic E-state index is 4.68. The third-order valence-electron chi connectivity index (χ3n) is 3.32. The molecule has 0 radical (unpaired) electrons. The molecular weight excluding hydrogens is 346 g/mol. The van der Waals surface area contributed by atoms with Gasteiger partial charge in [-0.05, 0) is 72.9 Å². The molecule has 0 aromatic carbocycles. The average Bonchev–Trinajstić information content (AvgIpc) is 2.83. The Hall–Kier alpha value is -0.780. The highest BCUT2D eigenvalue weighted by Crippen LogP contribution is 2.29. The van der Waals surface area contributed by atoms with Crippen LogP contribution in [0.3, 0.4) is 0 Å². The highest BCUT2D eigenvalue weighted by Gasteiger charge is 2.11. The summed E-state index contributed by atoms with van der Waals surface area (Å²) in [4.78, 5) is 10.5. The van der Waals surface area contributed by atoms with Crippen LogP contribution in [0, 0.1) is 19.8 Å². The lowest BCUT2D eigenvalue weighted by Crippen LogP contribution is -2.23. The molecule has 0 amide bonds. The van der Waals surface area contributed by atoms with Crippen LogP contribution >= 0.6 is 27.3 Å². The summed E-state index contributed by atoms with van der Waals surface area (Å²) < 4.78 is 1.11. The van der Waals surface area contributed by atoms with Crippen molar-refractivity contribution in [3.8, 4) is 10.7 Å². The minimum absolute atomic E-state index is 0.683. The number of thiophene rings is 1. The molecule has 114 valence electrons. The third kappa shape index (κ3) is 4.59. The molecule has 2 aromatic heterocycles. The van der Waals surface area contributed by atoms with Gasteiger partial charge in [-0.3, -0.25) is 0 Å². The van der Waals surface area contributed by atoms with E-state index in [1.165, 1.54) is 5.56 Å². The first-order valence-electron chi connectivity index (χ1n) is 7.28. The fraction of sp³-hybridized carbons (Fsp3) is 0.500. The number of aryl methyl sites for hydroxylation is 2. The summed E-state index contributed by atoms with van der Waals surface area (Å²) in [6, 6.07) is 4.10. The Morgan fingerprint density at radius 1 is 1.19 bits per heavy atom. The highest BCUT2D eigenvalue weighted by molar-refractivity contribution is 9.11. The number of nitrogens with one attached hydrogen (secondary N) is 1. The number of hydrogen-bond donors (Lipinski definition) is 1. The van der Waals surface area contributed by atoms with E-state index >= 15 is 0 Å². The second-order valence-electron chi connectivity index (χ2n) is 5.65. The normalized spacial score (nSPS) is 11.3. The standard InChI is InChI=1S/C16H22BrN3S/c1-10(2)9-18-8-7-13-11(3)19-16(20-12(13)4)14-5-6-15(17)21-14/h5-6,10,18H,7-9H2,1-4H3. The molecule has 0 saturated heterocycles. The van der Waals surface area contributed by atoms with Crippen LogP contribution in [0.15, 0.2) is 15.9 Å². The quantitative estimate of drug-likeness (QED) is 0.770. The first-order valence-corrected chi connectivity index (χ1v) is 8.89. The summed E-state index contributed by atoms with van der Waals surface area (Å²) in [5.74, 6) is 1.52. The van der Waals surface area contributed by atoms with E-state index in [4.69, 9.17) is 0 Å². The number of rotatable bonds is 6. The summed E-state index contributed by atoms with van der Waals surface area (Å²) in [5, 5.41) is 3.48. The van der Waals surface area contributed by atoms with Crippen molar-refractivity contribution in [2.45, 2.75) is 34.1 Å². The fourth-order valence-electron chi connectivity index (χ4n) is 2.25. The molecule has 2 heterocycles. The fourth-order valence-corrected chi connectivity index (χ4v) is 3.57. The van der Waals surface area contributed by atoms with Gasteiger partial charge in [0.2, 0.25) is 0 Å². The lowest BCUT2D eigenvalue weighted by Gasteiger charge is -2.12. The van der Waals surface area contributed by atoms with Gasteiger partial charge in [-0.25, -0.2) is 9.97 Å². The molecule has 0 saturated carbocycles. The van der Waals surface area contributed by atoms with Crippen LogP contribution in [0.2, 0.25) is 0 Å². The molecule has 0 unspecified atom stereocenters. The largest absolute Gasteiger partial charge is 0.316 e. The zero-order valence-corrected chi connectivity index (χ0v) is 15.4. The highest BCUT2D eigenvalue weighted by atomic mass is 79.9. The number of nitrogens with zero attached hydrogens (tertiary/aromatic N) is 2. The molecule has 0 aliphatic rings. The molecule has 1 N–H and O–H groups in total. The van der Waals surface area contributed by atoms with Crippen LogP contribution in [-0.4, -0.2) is 23.1 Å². The van der Waals surface area contributed by atoms with Crippen LogP contribution in [0.25, 0.3) is 10.7 Å². The molecule has 3 nitrogen and oxygen atoms in total. The van der Waals surface area contributed by atoms with Crippen molar-refractivity contribution in [1.82, 2.24) is 15.3 Å². The molecule has 0 bridgehead atoms. The molecule has 0 aliphatic carbocycles. The van der Waals surface area contributed by atoms with Crippen molar-refractivity contribution < 1.29 is 0 Å². The predicted molar refractivity (Wildman–Crippen MR) is 93.9 cm³/mol. The topological polar surface area (TPSA) is 37.8 Å². The molecule has 0 aliphatic heterocycles. The molecule has 5 heteroatoms. The van der Waals surface area contributed by atoms with Crippen molar-refractivity contribution in [2.24, 2.45) is 5.92 Å². The maximum atomic E-state index is 4.68. The van der Waals surface area contributed by atoms with Crippen molar-refractivity contribution >= 4 is 27.3 Å². The summed E-state index contributed by atoms with van der Waals surface area (Å²) in [7, 11) is 0. The monoisotopic (exact) mass is 367 g/mol. The Balaban J connectivity index is 2.10. The third-order valence-corrected chi connectivity index (χ3v) is 4.94. The lowest BCUT2D eigenvalue weighted by atomic mass is 10.1. The van der Waals surface area contributed by atoms with Gasteiger partial charge in [0.05, 0.1) is 8.66 Å². The van der Waals surface area contributed by atoms with Crippen LogP contribution in [-0.2, 0) is 6.42 Å². The van der Waals surface area contributed by atoms with E-state index in [0.29, 0.717) is 5.92 Å². The second kappa shape index (κ2) is 7.47. The van der Waals surface area contributed by atoms with E-state index in [2.05, 4.69) is 65.0 Å². The SMILES string of the molecule is Cc1nc(-c2ccc(Br)s2)nc(C)c1CCNCC(C)C. The van der Waals surface area contributed by atoms with Crippen molar-refractivity contribution in [3.05, 3.63) is 32.9 Å². The zero-order valence-electron chi connectivity index (χ0n) is 13.0. The predicted octanol–water partition coefficient (Wildman–Crippen LogP) is 4.37. The Morgan fingerprint density at radius 3 is 2.38 bits per heavy atom. The van der Waals surface area contributed by atoms with E-state index in [1.807, 2.05) is 6.07 Å². The lowest BCUT2D eigenvalue weighted by molar-refractivity contribution is 0.553. The van der Waals surface area contributed by atoms with Crippen molar-refractivity contribution in [3.63, 3.8) is 0 Å². The minimum Gasteiger partial charge on any atom is -0.316 e. The van der Waals surface area contributed by atoms with Crippen LogP contribution in [0.5, 0.6) is 0 Å². The van der Waals surface area contributed by atoms with E-state index in [9.17, 15) is 0 Å². The Labute approximate surface area is 139 Å². The van der Waals surface area contributed by atoms with Crippen LogP contribution < -0.4 is 5.32 Å². The van der Waals surface area contributed by atoms with Gasteiger partial charge in [0.1, 0.15) is 0 Å². The number of halogens is 1. The molecule has 2 aromatic rings. The van der Waals surface area contributed by atoms with Crippen LogP contribution in [0.4, 0.5) is 0 Å². The summed E-state index contributed by atoms with van der Waals surface area (Å²) in [6.45, 7) is 10.6. The Morgan fingerprint density at radius 2 is 1.86 bits per heavy atom. The summed E-state index contributed by atoms with van der Waals surface area (Å²) in [5.41, 5.74) is 3.45. The van der Waals surface area contributed by atoms with E-state index in [1.54, 1.807) is 11.3 Å². The second-order valence-corrected chi connectivity index (χ2v) is 8.11. The van der Waals surface area contributed by atoms with Crippen molar-refractivity contribution in [2.75, 3.05) is 13.1 Å². The van der Waals surface area contributed by atoms with Crippen molar-refractivity contribution in [1.29, 1.82) is 0 Å². The molecule has 2 rings (SSSR count). The first kappa shape index (κ1) is 16.6. The smallest absolute Gasteiger partial charge is 0.169 e. The van der Waals surface area contributed by atoms with Gasteiger partial charge in [0.15, 0.2) is 5.82 Å². The number of aromatic nitrogens is 2. The van der Waals surface area contributed by atoms with Gasteiger partial charge >= 0.3 is 0 Å². The van der Waals surface area contributed by atoms with Gasteiger partial charge in [0, 0.05) is 11.4 Å². The number of hydrogen-bond acceptors (Lipinski definition) is 4. The van der Waals surface area contributed by atoms with Gasteiger partial charge in [-0.2, -0.15) is 0 Å². The Bertz CT molecular complexity index is 584. The van der Waals surface area contributed by atoms with Gasteiger partial charge < -0.3 is 5.32 Å². The minimum atomic E-state index is 0.683. The first-order chi connectivity index (χ1) is 9.97. The van der Waals surface area contributed by atoms with Gasteiger partial charge in [-0.1, -0.05) is 13.8 Å². The summed E-state index contributed by atoms with van der Waals surface area (Å²) in [6.07, 6.45) is 0.985. The zero-order chi connectivity index (χ0) is 15.4. The molecular formula is C16H22BrN3S. The Kier molecular flexibility index (Phi) is 5.90. The molecule has 21 heavy (non-hydrogen) atoms. The van der Waals surface area contributed by atoms with E-state index in [-0.39, 0.29) is 0 Å². The molecule has 0 spiro atoms. The molecule has 0 fully saturated rings. The maximum Gasteiger partial charge on any atom is 0.169 e. The summed E-state index contributed by atoms with van der Waals surface area (Å²) >= 11 is 5.16.